The third-order valence-electron chi connectivity index (χ3n) is 4.73. The number of amides is 1. The van der Waals surface area contributed by atoms with E-state index >= 15 is 0 Å². The zero-order chi connectivity index (χ0) is 21.3. The molecule has 0 atom stereocenters. The van der Waals surface area contributed by atoms with Crippen LogP contribution in [0.3, 0.4) is 0 Å². The van der Waals surface area contributed by atoms with Crippen LogP contribution in [0.25, 0.3) is 16.8 Å². The summed E-state index contributed by atoms with van der Waals surface area (Å²) in [7, 11) is 3.96. The van der Waals surface area contributed by atoms with Gasteiger partial charge < -0.3 is 10.0 Å². The van der Waals surface area contributed by atoms with Gasteiger partial charge in [-0.2, -0.15) is 10.1 Å². The highest BCUT2D eigenvalue weighted by Crippen LogP contribution is 2.33. The van der Waals surface area contributed by atoms with E-state index in [0.717, 1.165) is 22.0 Å². The SMILES string of the molecule is CN(C)c1ccc(C=C2SC(=S)N(/N=C/c3c(O)ccc4ccccc34)C2=O)cc1. The van der Waals surface area contributed by atoms with Gasteiger partial charge in [0.05, 0.1) is 11.1 Å². The smallest absolute Gasteiger partial charge is 0.286 e. The van der Waals surface area contributed by atoms with E-state index < -0.39 is 0 Å². The average Bonchev–Trinajstić information content (AvgIpc) is 3.00. The van der Waals surface area contributed by atoms with E-state index in [2.05, 4.69) is 5.10 Å². The van der Waals surface area contributed by atoms with E-state index in [0.29, 0.717) is 14.8 Å². The standard InChI is InChI=1S/C23H19N3O2S2/c1-25(2)17-10-7-15(8-11-17)13-21-22(28)26(23(29)30-21)24-14-19-18-6-4-3-5-16(18)9-12-20(19)27/h3-14,27H,1-2H3/b21-13?,24-14+. The first kappa shape index (κ1) is 20.1. The Morgan fingerprint density at radius 2 is 1.80 bits per heavy atom. The predicted molar refractivity (Wildman–Crippen MR) is 129 cm³/mol. The van der Waals surface area contributed by atoms with Gasteiger partial charge in [0.25, 0.3) is 5.91 Å². The third-order valence-corrected chi connectivity index (χ3v) is 6.01. The second-order valence-corrected chi connectivity index (χ2v) is 8.62. The summed E-state index contributed by atoms with van der Waals surface area (Å²) in [6, 6.07) is 19.0. The number of aromatic hydroxyl groups is 1. The number of nitrogens with zero attached hydrogens (tertiary/aromatic N) is 3. The van der Waals surface area contributed by atoms with Gasteiger partial charge in [-0.15, -0.1) is 0 Å². The first-order chi connectivity index (χ1) is 14.4. The van der Waals surface area contributed by atoms with E-state index in [4.69, 9.17) is 12.2 Å². The van der Waals surface area contributed by atoms with Gasteiger partial charge in [-0.3, -0.25) is 4.79 Å². The topological polar surface area (TPSA) is 56.1 Å². The van der Waals surface area contributed by atoms with Crippen molar-refractivity contribution >= 4 is 63.0 Å². The summed E-state index contributed by atoms with van der Waals surface area (Å²) >= 11 is 6.57. The summed E-state index contributed by atoms with van der Waals surface area (Å²) in [5.74, 6) is -0.183. The molecule has 1 aliphatic heterocycles. The number of phenols is 1. The van der Waals surface area contributed by atoms with E-state index in [1.165, 1.54) is 23.0 Å². The van der Waals surface area contributed by atoms with Gasteiger partial charge in [-0.25, -0.2) is 0 Å². The van der Waals surface area contributed by atoms with Gasteiger partial charge >= 0.3 is 0 Å². The third kappa shape index (κ3) is 3.94. The van der Waals surface area contributed by atoms with E-state index in [9.17, 15) is 9.90 Å². The van der Waals surface area contributed by atoms with Crippen molar-refractivity contribution in [2.24, 2.45) is 5.10 Å². The zero-order valence-corrected chi connectivity index (χ0v) is 18.1. The highest BCUT2D eigenvalue weighted by Gasteiger charge is 2.32. The van der Waals surface area contributed by atoms with E-state index in [-0.39, 0.29) is 11.7 Å². The fraction of sp³-hybridized carbons (Fsp3) is 0.0870. The molecule has 0 aliphatic carbocycles. The highest BCUT2D eigenvalue weighted by atomic mass is 32.2. The molecule has 1 aliphatic rings. The minimum absolute atomic E-state index is 0.0967. The number of rotatable bonds is 4. The van der Waals surface area contributed by atoms with Crippen LogP contribution in [0.2, 0.25) is 0 Å². The van der Waals surface area contributed by atoms with Crippen LogP contribution < -0.4 is 4.90 Å². The van der Waals surface area contributed by atoms with Crippen molar-refractivity contribution < 1.29 is 9.90 Å². The molecule has 1 amide bonds. The lowest BCUT2D eigenvalue weighted by Crippen LogP contribution is -2.22. The molecule has 1 N–H and O–H groups in total. The Kier molecular flexibility index (Phi) is 5.57. The van der Waals surface area contributed by atoms with Crippen molar-refractivity contribution in [2.75, 3.05) is 19.0 Å². The maximum Gasteiger partial charge on any atom is 0.286 e. The number of phenolic OH excluding ortho intramolecular Hbond substituents is 1. The van der Waals surface area contributed by atoms with Crippen LogP contribution >= 0.6 is 24.0 Å². The molecule has 150 valence electrons. The second kappa shape index (κ2) is 8.30. The predicted octanol–water partition coefficient (Wildman–Crippen LogP) is 4.85. The lowest BCUT2D eigenvalue weighted by Gasteiger charge is -2.11. The molecule has 0 spiro atoms. The molecule has 1 saturated heterocycles. The molecule has 4 rings (SSSR count). The maximum atomic E-state index is 12.8. The van der Waals surface area contributed by atoms with Crippen molar-refractivity contribution in [3.63, 3.8) is 0 Å². The molecule has 0 aromatic heterocycles. The molecule has 0 bridgehead atoms. The molecule has 5 nitrogen and oxygen atoms in total. The highest BCUT2D eigenvalue weighted by molar-refractivity contribution is 8.26. The van der Waals surface area contributed by atoms with Crippen LogP contribution in [0.1, 0.15) is 11.1 Å². The van der Waals surface area contributed by atoms with Crippen molar-refractivity contribution in [2.45, 2.75) is 0 Å². The largest absolute Gasteiger partial charge is 0.507 e. The Morgan fingerprint density at radius 3 is 2.53 bits per heavy atom. The van der Waals surface area contributed by atoms with E-state index in [1.54, 1.807) is 6.07 Å². The normalized spacial score (nSPS) is 15.7. The molecule has 30 heavy (non-hydrogen) atoms. The Labute approximate surface area is 184 Å². The number of thioether (sulfide) groups is 1. The summed E-state index contributed by atoms with van der Waals surface area (Å²) in [6.45, 7) is 0. The van der Waals surface area contributed by atoms with Crippen LogP contribution in [0, 0.1) is 0 Å². The minimum Gasteiger partial charge on any atom is -0.507 e. The monoisotopic (exact) mass is 433 g/mol. The number of carbonyl (C=O) groups excluding carboxylic acids is 1. The number of hydrazone groups is 1. The van der Waals surface area contributed by atoms with Crippen molar-refractivity contribution in [3.8, 4) is 5.75 Å². The minimum atomic E-state index is -0.280. The molecule has 7 heteroatoms. The number of anilines is 1. The zero-order valence-electron chi connectivity index (χ0n) is 16.4. The molecule has 3 aromatic rings. The summed E-state index contributed by atoms with van der Waals surface area (Å²) < 4.78 is 0.354. The van der Waals surface area contributed by atoms with Crippen LogP contribution in [0.15, 0.2) is 70.7 Å². The fourth-order valence-corrected chi connectivity index (χ4v) is 4.29. The van der Waals surface area contributed by atoms with Gasteiger partial charge in [0.15, 0.2) is 4.32 Å². The Morgan fingerprint density at radius 1 is 1.07 bits per heavy atom. The molecular formula is C23H19N3O2S2. The number of carbonyl (C=O) groups is 1. The average molecular weight is 434 g/mol. The summed E-state index contributed by atoms with van der Waals surface area (Å²) in [5, 5.41) is 17.6. The van der Waals surface area contributed by atoms with Crippen LogP contribution in [-0.2, 0) is 4.79 Å². The molecule has 3 aromatic carbocycles. The summed E-state index contributed by atoms with van der Waals surface area (Å²) in [4.78, 5) is 15.4. The number of hydrogen-bond acceptors (Lipinski definition) is 6. The van der Waals surface area contributed by atoms with Crippen molar-refractivity contribution in [1.82, 2.24) is 5.01 Å². The Hall–Kier alpha value is -3.16. The molecule has 1 heterocycles. The Bertz CT molecular complexity index is 1200. The van der Waals surface area contributed by atoms with Crippen molar-refractivity contribution in [1.29, 1.82) is 0 Å². The van der Waals surface area contributed by atoms with Crippen molar-refractivity contribution in [3.05, 3.63) is 76.7 Å². The lowest BCUT2D eigenvalue weighted by atomic mass is 10.0. The fourth-order valence-electron chi connectivity index (χ4n) is 3.11. The number of benzene rings is 3. The summed E-state index contributed by atoms with van der Waals surface area (Å²) in [6.07, 6.45) is 3.29. The van der Waals surface area contributed by atoms with Gasteiger partial charge in [0.2, 0.25) is 0 Å². The molecule has 0 radical (unpaired) electrons. The number of fused-ring (bicyclic) bond motifs is 1. The van der Waals surface area contributed by atoms with Crippen LogP contribution in [0.4, 0.5) is 5.69 Å². The second-order valence-electron chi connectivity index (χ2n) is 6.94. The van der Waals surface area contributed by atoms with Crippen LogP contribution in [-0.4, -0.2) is 40.7 Å². The van der Waals surface area contributed by atoms with Gasteiger partial charge in [0, 0.05) is 25.3 Å². The Balaban J connectivity index is 1.60. The number of hydrogen-bond donors (Lipinski definition) is 1. The van der Waals surface area contributed by atoms with Gasteiger partial charge in [-0.1, -0.05) is 54.2 Å². The number of thiocarbonyl (C=S) groups is 1. The van der Waals surface area contributed by atoms with Gasteiger partial charge in [0.1, 0.15) is 5.75 Å². The molecule has 1 fully saturated rings. The van der Waals surface area contributed by atoms with Gasteiger partial charge in [-0.05, 0) is 52.8 Å². The van der Waals surface area contributed by atoms with Crippen LogP contribution in [0.5, 0.6) is 5.75 Å². The maximum absolute atomic E-state index is 12.8. The lowest BCUT2D eigenvalue weighted by molar-refractivity contribution is -0.122. The summed E-state index contributed by atoms with van der Waals surface area (Å²) in [5.41, 5.74) is 2.54. The molecular weight excluding hydrogens is 414 g/mol. The molecule has 0 saturated carbocycles. The first-order valence-corrected chi connectivity index (χ1v) is 10.5. The van der Waals surface area contributed by atoms with E-state index in [1.807, 2.05) is 79.7 Å². The first-order valence-electron chi connectivity index (χ1n) is 9.24. The quantitative estimate of drug-likeness (QED) is 0.362. The molecule has 0 unspecified atom stereocenters.